The number of amides is 1. The van der Waals surface area contributed by atoms with Gasteiger partial charge in [-0.1, -0.05) is 26.7 Å². The average molecular weight is 225 g/mol. The van der Waals surface area contributed by atoms with Gasteiger partial charge in [0.05, 0.1) is 0 Å². The summed E-state index contributed by atoms with van der Waals surface area (Å²) in [5, 5.41) is 3.12. The predicted octanol–water partition coefficient (Wildman–Crippen LogP) is 3.51. The zero-order valence-corrected chi connectivity index (χ0v) is 11.1. The molecule has 1 saturated carbocycles. The van der Waals surface area contributed by atoms with Crippen LogP contribution < -0.4 is 5.32 Å². The number of nitrogens with one attached hydrogen (secondary N) is 1. The number of hydrogen-bond acceptors (Lipinski definition) is 1. The van der Waals surface area contributed by atoms with Crippen LogP contribution in [0.2, 0.25) is 0 Å². The normalized spacial score (nSPS) is 19.0. The van der Waals surface area contributed by atoms with Gasteiger partial charge >= 0.3 is 0 Å². The quantitative estimate of drug-likeness (QED) is 0.736. The van der Waals surface area contributed by atoms with Gasteiger partial charge in [-0.2, -0.15) is 0 Å². The lowest BCUT2D eigenvalue weighted by molar-refractivity contribution is -0.122. The van der Waals surface area contributed by atoms with Crippen molar-refractivity contribution < 1.29 is 4.79 Å². The van der Waals surface area contributed by atoms with Gasteiger partial charge in [0.25, 0.3) is 0 Å². The molecule has 0 spiro atoms. The Morgan fingerprint density at radius 2 is 1.81 bits per heavy atom. The minimum absolute atomic E-state index is 0.267. The largest absolute Gasteiger partial charge is 0.354 e. The van der Waals surface area contributed by atoms with E-state index in [-0.39, 0.29) is 5.91 Å². The van der Waals surface area contributed by atoms with Crippen LogP contribution in [0.15, 0.2) is 0 Å². The van der Waals surface area contributed by atoms with Crippen molar-refractivity contribution in [1.29, 1.82) is 0 Å². The molecule has 1 N–H and O–H groups in total. The molecule has 0 aromatic heterocycles. The van der Waals surface area contributed by atoms with Gasteiger partial charge in [-0.05, 0) is 44.4 Å². The third-order valence-corrected chi connectivity index (χ3v) is 3.53. The number of carbonyl (C=O) groups excluding carboxylic acids is 1. The Balaban J connectivity index is 2.12. The van der Waals surface area contributed by atoms with Gasteiger partial charge < -0.3 is 5.32 Å². The molecule has 1 amide bonds. The Hall–Kier alpha value is -0.530. The van der Waals surface area contributed by atoms with E-state index in [1.54, 1.807) is 0 Å². The Kier molecular flexibility index (Phi) is 5.86. The minimum Gasteiger partial charge on any atom is -0.354 e. The van der Waals surface area contributed by atoms with Gasteiger partial charge in [0, 0.05) is 12.5 Å². The maximum absolute atomic E-state index is 11.7. The molecule has 0 radical (unpaired) electrons. The fraction of sp³-hybridized carbons (Fsp3) is 0.929. The smallest absolute Gasteiger partial charge is 0.220 e. The van der Waals surface area contributed by atoms with Gasteiger partial charge in [0.2, 0.25) is 5.91 Å². The van der Waals surface area contributed by atoms with Crippen LogP contribution in [0.1, 0.15) is 65.7 Å². The molecule has 0 bridgehead atoms. The van der Waals surface area contributed by atoms with E-state index in [0.29, 0.717) is 12.0 Å². The second-order valence-electron chi connectivity index (χ2n) is 5.79. The summed E-state index contributed by atoms with van der Waals surface area (Å²) in [6, 6.07) is 0.344. The zero-order chi connectivity index (χ0) is 12.0. The third-order valence-electron chi connectivity index (χ3n) is 3.53. The molecule has 1 aliphatic carbocycles. The molecule has 1 aliphatic rings. The first kappa shape index (κ1) is 13.5. The molecule has 16 heavy (non-hydrogen) atoms. The standard InChI is InChI=1S/C14H27NO/c1-11(2)8-9-12(3)15-14(16)10-13-6-4-5-7-13/h11-13H,4-10H2,1-3H3,(H,15,16). The highest BCUT2D eigenvalue weighted by Crippen LogP contribution is 2.27. The summed E-state index contributed by atoms with van der Waals surface area (Å²) >= 11 is 0. The molecule has 1 atom stereocenters. The van der Waals surface area contributed by atoms with Crippen molar-refractivity contribution in [3.05, 3.63) is 0 Å². The summed E-state index contributed by atoms with van der Waals surface area (Å²) in [6.07, 6.45) is 8.22. The molecule has 1 rings (SSSR count). The van der Waals surface area contributed by atoms with E-state index in [2.05, 4.69) is 26.1 Å². The Morgan fingerprint density at radius 3 is 2.38 bits per heavy atom. The monoisotopic (exact) mass is 225 g/mol. The second-order valence-corrected chi connectivity index (χ2v) is 5.79. The molecule has 1 unspecified atom stereocenters. The topological polar surface area (TPSA) is 29.1 Å². The number of carbonyl (C=O) groups is 1. The van der Waals surface area contributed by atoms with Gasteiger partial charge in [0.1, 0.15) is 0 Å². The highest BCUT2D eigenvalue weighted by Gasteiger charge is 2.19. The molecule has 0 heterocycles. The lowest BCUT2D eigenvalue weighted by atomic mass is 10.0. The summed E-state index contributed by atoms with van der Waals surface area (Å²) in [5.74, 6) is 1.66. The molecule has 0 aromatic rings. The molecular weight excluding hydrogens is 198 g/mol. The number of rotatable bonds is 6. The van der Waals surface area contributed by atoms with Crippen molar-refractivity contribution in [2.75, 3.05) is 0 Å². The van der Waals surface area contributed by atoms with Crippen LogP contribution in [0.25, 0.3) is 0 Å². The summed E-state index contributed by atoms with van der Waals surface area (Å²) in [4.78, 5) is 11.7. The maximum Gasteiger partial charge on any atom is 0.220 e. The zero-order valence-electron chi connectivity index (χ0n) is 11.1. The predicted molar refractivity (Wildman–Crippen MR) is 68.3 cm³/mol. The number of hydrogen-bond donors (Lipinski definition) is 1. The van der Waals surface area contributed by atoms with Crippen molar-refractivity contribution in [2.24, 2.45) is 11.8 Å². The molecule has 94 valence electrons. The Bertz CT molecular complexity index is 207. The molecule has 0 aromatic carbocycles. The van der Waals surface area contributed by atoms with E-state index in [4.69, 9.17) is 0 Å². The maximum atomic E-state index is 11.7. The van der Waals surface area contributed by atoms with Crippen molar-refractivity contribution in [3.8, 4) is 0 Å². The van der Waals surface area contributed by atoms with Crippen LogP contribution in [0.4, 0.5) is 0 Å². The minimum atomic E-state index is 0.267. The summed E-state index contributed by atoms with van der Waals surface area (Å²) < 4.78 is 0. The fourth-order valence-corrected chi connectivity index (χ4v) is 2.47. The Labute approximate surface area is 100 Å². The van der Waals surface area contributed by atoms with Crippen molar-refractivity contribution in [1.82, 2.24) is 5.32 Å². The van der Waals surface area contributed by atoms with Gasteiger partial charge in [-0.15, -0.1) is 0 Å². The van der Waals surface area contributed by atoms with E-state index in [1.165, 1.54) is 32.1 Å². The molecule has 2 heteroatoms. The van der Waals surface area contributed by atoms with E-state index >= 15 is 0 Å². The molecule has 1 fully saturated rings. The fourth-order valence-electron chi connectivity index (χ4n) is 2.47. The molecule has 2 nitrogen and oxygen atoms in total. The Morgan fingerprint density at radius 1 is 1.19 bits per heavy atom. The molecule has 0 saturated heterocycles. The van der Waals surface area contributed by atoms with Gasteiger partial charge in [-0.3, -0.25) is 4.79 Å². The van der Waals surface area contributed by atoms with Crippen LogP contribution in [0.3, 0.4) is 0 Å². The van der Waals surface area contributed by atoms with Gasteiger partial charge in [-0.25, -0.2) is 0 Å². The highest BCUT2D eigenvalue weighted by molar-refractivity contribution is 5.76. The van der Waals surface area contributed by atoms with E-state index in [0.717, 1.165) is 18.8 Å². The lowest BCUT2D eigenvalue weighted by Gasteiger charge is -2.16. The second kappa shape index (κ2) is 6.93. The van der Waals surface area contributed by atoms with E-state index < -0.39 is 0 Å². The van der Waals surface area contributed by atoms with Crippen LogP contribution >= 0.6 is 0 Å². The summed E-state index contributed by atoms with van der Waals surface area (Å²) in [5.41, 5.74) is 0. The highest BCUT2D eigenvalue weighted by atomic mass is 16.1. The van der Waals surface area contributed by atoms with Crippen LogP contribution in [0, 0.1) is 11.8 Å². The molecular formula is C14H27NO. The average Bonchev–Trinajstić information content (AvgIpc) is 2.67. The van der Waals surface area contributed by atoms with Crippen molar-refractivity contribution >= 4 is 5.91 Å². The third kappa shape index (κ3) is 5.53. The van der Waals surface area contributed by atoms with Crippen LogP contribution in [-0.2, 0) is 4.79 Å². The van der Waals surface area contributed by atoms with Gasteiger partial charge in [0.15, 0.2) is 0 Å². The first-order valence-electron chi connectivity index (χ1n) is 6.87. The SMILES string of the molecule is CC(C)CCC(C)NC(=O)CC1CCCC1. The van der Waals surface area contributed by atoms with Crippen LogP contribution in [0.5, 0.6) is 0 Å². The molecule has 0 aliphatic heterocycles. The van der Waals surface area contributed by atoms with Crippen molar-refractivity contribution in [3.63, 3.8) is 0 Å². The summed E-state index contributed by atoms with van der Waals surface area (Å²) in [7, 11) is 0. The van der Waals surface area contributed by atoms with Crippen LogP contribution in [-0.4, -0.2) is 11.9 Å². The first-order chi connectivity index (χ1) is 7.58. The first-order valence-corrected chi connectivity index (χ1v) is 6.87. The van der Waals surface area contributed by atoms with E-state index in [9.17, 15) is 4.79 Å². The van der Waals surface area contributed by atoms with E-state index in [1.807, 2.05) is 0 Å². The summed E-state index contributed by atoms with van der Waals surface area (Å²) in [6.45, 7) is 6.58. The van der Waals surface area contributed by atoms with Crippen molar-refractivity contribution in [2.45, 2.75) is 71.8 Å². The lowest BCUT2D eigenvalue weighted by Crippen LogP contribution is -2.33.